The standard InChI is InChI=1S/C11H10FNO2S/c1-14-10-3-2-7(4-9(10)12)11-5-8(6-16)13-15-11/h2-5,16H,6H2,1H3. The van der Waals surface area contributed by atoms with Gasteiger partial charge in [0.2, 0.25) is 0 Å². The summed E-state index contributed by atoms with van der Waals surface area (Å²) in [6.45, 7) is 0. The van der Waals surface area contributed by atoms with Crippen LogP contribution < -0.4 is 4.74 Å². The van der Waals surface area contributed by atoms with E-state index in [2.05, 4.69) is 17.8 Å². The van der Waals surface area contributed by atoms with Crippen LogP contribution in [0.4, 0.5) is 4.39 Å². The van der Waals surface area contributed by atoms with Gasteiger partial charge in [0.05, 0.1) is 12.8 Å². The van der Waals surface area contributed by atoms with Crippen molar-refractivity contribution in [2.75, 3.05) is 7.11 Å². The molecule has 0 saturated heterocycles. The summed E-state index contributed by atoms with van der Waals surface area (Å²) in [4.78, 5) is 0. The number of hydrogen-bond acceptors (Lipinski definition) is 4. The number of aromatic nitrogens is 1. The summed E-state index contributed by atoms with van der Waals surface area (Å²) in [6.07, 6.45) is 0. The Morgan fingerprint density at radius 2 is 2.25 bits per heavy atom. The number of ether oxygens (including phenoxy) is 1. The maximum atomic E-state index is 13.4. The Labute approximate surface area is 97.6 Å². The van der Waals surface area contributed by atoms with Gasteiger partial charge in [-0.3, -0.25) is 0 Å². The molecule has 0 unspecified atom stereocenters. The first-order chi connectivity index (χ1) is 7.74. The Balaban J connectivity index is 2.37. The smallest absolute Gasteiger partial charge is 0.167 e. The van der Waals surface area contributed by atoms with Crippen LogP contribution in [0, 0.1) is 5.82 Å². The molecule has 0 aliphatic carbocycles. The van der Waals surface area contributed by atoms with Gasteiger partial charge in [-0.15, -0.1) is 0 Å². The number of halogens is 1. The van der Waals surface area contributed by atoms with Gasteiger partial charge in [-0.05, 0) is 18.2 Å². The van der Waals surface area contributed by atoms with Gasteiger partial charge in [0.1, 0.15) is 0 Å². The van der Waals surface area contributed by atoms with Crippen LogP contribution in [0.3, 0.4) is 0 Å². The number of rotatable bonds is 3. The van der Waals surface area contributed by atoms with Gasteiger partial charge >= 0.3 is 0 Å². The molecule has 5 heteroatoms. The second-order valence-electron chi connectivity index (χ2n) is 3.19. The summed E-state index contributed by atoms with van der Waals surface area (Å²) in [5.74, 6) is 0.786. The zero-order valence-electron chi connectivity index (χ0n) is 8.61. The predicted molar refractivity (Wildman–Crippen MR) is 61.1 cm³/mol. The zero-order chi connectivity index (χ0) is 11.5. The first-order valence-corrected chi connectivity index (χ1v) is 5.28. The van der Waals surface area contributed by atoms with Crippen molar-refractivity contribution in [2.45, 2.75) is 5.75 Å². The molecule has 0 saturated carbocycles. The average Bonchev–Trinajstić information content (AvgIpc) is 2.77. The second-order valence-corrected chi connectivity index (χ2v) is 3.51. The lowest BCUT2D eigenvalue weighted by atomic mass is 10.1. The maximum absolute atomic E-state index is 13.4. The Hall–Kier alpha value is -1.49. The Morgan fingerprint density at radius 1 is 1.44 bits per heavy atom. The van der Waals surface area contributed by atoms with Crippen molar-refractivity contribution in [2.24, 2.45) is 0 Å². The summed E-state index contributed by atoms with van der Waals surface area (Å²) in [6, 6.07) is 6.34. The first-order valence-electron chi connectivity index (χ1n) is 4.65. The molecule has 2 aromatic rings. The minimum Gasteiger partial charge on any atom is -0.494 e. The van der Waals surface area contributed by atoms with Crippen LogP contribution in [-0.2, 0) is 5.75 Å². The molecule has 1 aromatic heterocycles. The van der Waals surface area contributed by atoms with Gasteiger partial charge in [-0.2, -0.15) is 12.6 Å². The topological polar surface area (TPSA) is 35.3 Å². The van der Waals surface area contributed by atoms with Gasteiger partial charge in [-0.1, -0.05) is 5.16 Å². The average molecular weight is 239 g/mol. The van der Waals surface area contributed by atoms with E-state index >= 15 is 0 Å². The van der Waals surface area contributed by atoms with E-state index in [1.165, 1.54) is 13.2 Å². The van der Waals surface area contributed by atoms with E-state index in [-0.39, 0.29) is 5.75 Å². The fourth-order valence-electron chi connectivity index (χ4n) is 1.34. The molecule has 0 aliphatic heterocycles. The normalized spacial score (nSPS) is 10.4. The number of benzene rings is 1. The third-order valence-electron chi connectivity index (χ3n) is 2.16. The van der Waals surface area contributed by atoms with E-state index in [1.807, 2.05) is 0 Å². The largest absolute Gasteiger partial charge is 0.494 e. The Bertz CT molecular complexity index is 498. The highest BCUT2D eigenvalue weighted by Gasteiger charge is 2.09. The highest BCUT2D eigenvalue weighted by Crippen LogP contribution is 2.26. The molecule has 0 atom stereocenters. The number of hydrogen-bond donors (Lipinski definition) is 1. The molecule has 16 heavy (non-hydrogen) atoms. The van der Waals surface area contributed by atoms with Crippen LogP contribution in [0.5, 0.6) is 5.75 Å². The van der Waals surface area contributed by atoms with Crippen molar-refractivity contribution in [3.8, 4) is 17.1 Å². The highest BCUT2D eigenvalue weighted by atomic mass is 32.1. The van der Waals surface area contributed by atoms with Crippen molar-refractivity contribution in [3.63, 3.8) is 0 Å². The SMILES string of the molecule is COc1ccc(-c2cc(CS)no2)cc1F. The lowest BCUT2D eigenvalue weighted by Crippen LogP contribution is -1.87. The lowest BCUT2D eigenvalue weighted by Gasteiger charge is -2.02. The lowest BCUT2D eigenvalue weighted by molar-refractivity contribution is 0.386. The van der Waals surface area contributed by atoms with Crippen LogP contribution >= 0.6 is 12.6 Å². The molecule has 0 radical (unpaired) electrons. The van der Waals surface area contributed by atoms with Gasteiger partial charge in [0.25, 0.3) is 0 Å². The maximum Gasteiger partial charge on any atom is 0.167 e. The van der Waals surface area contributed by atoms with Crippen LogP contribution in [0.2, 0.25) is 0 Å². The summed E-state index contributed by atoms with van der Waals surface area (Å²) < 4.78 is 23.3. The molecule has 0 spiro atoms. The van der Waals surface area contributed by atoms with E-state index < -0.39 is 5.82 Å². The number of nitrogens with zero attached hydrogens (tertiary/aromatic N) is 1. The molecule has 84 valence electrons. The van der Waals surface area contributed by atoms with E-state index in [4.69, 9.17) is 9.26 Å². The van der Waals surface area contributed by atoms with Crippen molar-refractivity contribution in [1.82, 2.24) is 5.16 Å². The summed E-state index contributed by atoms with van der Waals surface area (Å²) in [7, 11) is 1.42. The molecule has 0 bridgehead atoms. The molecule has 0 N–H and O–H groups in total. The minimum atomic E-state index is -0.427. The first kappa shape index (κ1) is 11.0. The highest BCUT2D eigenvalue weighted by molar-refractivity contribution is 7.79. The third-order valence-corrected chi connectivity index (χ3v) is 2.48. The van der Waals surface area contributed by atoms with Gasteiger partial charge in [0.15, 0.2) is 17.3 Å². The van der Waals surface area contributed by atoms with Crippen LogP contribution in [0.25, 0.3) is 11.3 Å². The van der Waals surface area contributed by atoms with Crippen molar-refractivity contribution >= 4 is 12.6 Å². The fraction of sp³-hybridized carbons (Fsp3) is 0.182. The van der Waals surface area contributed by atoms with Crippen LogP contribution in [0.1, 0.15) is 5.69 Å². The van der Waals surface area contributed by atoms with Gasteiger partial charge in [-0.25, -0.2) is 4.39 Å². The molecule has 0 fully saturated rings. The minimum absolute atomic E-state index is 0.206. The molecule has 0 aliphatic rings. The molecular formula is C11H10FNO2S. The summed E-state index contributed by atoms with van der Waals surface area (Å²) in [5.41, 5.74) is 1.34. The van der Waals surface area contributed by atoms with Crippen molar-refractivity contribution < 1.29 is 13.7 Å². The molecule has 0 amide bonds. The second kappa shape index (κ2) is 4.57. The van der Waals surface area contributed by atoms with E-state index in [0.29, 0.717) is 17.1 Å². The van der Waals surface area contributed by atoms with E-state index in [9.17, 15) is 4.39 Å². The number of methoxy groups -OCH3 is 1. The number of thiol groups is 1. The van der Waals surface area contributed by atoms with Gasteiger partial charge < -0.3 is 9.26 Å². The third kappa shape index (κ3) is 2.04. The van der Waals surface area contributed by atoms with E-state index in [1.54, 1.807) is 18.2 Å². The Kier molecular flexibility index (Phi) is 3.14. The van der Waals surface area contributed by atoms with Gasteiger partial charge in [0, 0.05) is 17.4 Å². The molecule has 2 rings (SSSR count). The summed E-state index contributed by atoms with van der Waals surface area (Å²) in [5, 5.41) is 3.78. The monoisotopic (exact) mass is 239 g/mol. The predicted octanol–water partition coefficient (Wildman–Crippen LogP) is 2.92. The quantitative estimate of drug-likeness (QED) is 0.836. The zero-order valence-corrected chi connectivity index (χ0v) is 9.50. The Morgan fingerprint density at radius 3 is 2.81 bits per heavy atom. The summed E-state index contributed by atoms with van der Waals surface area (Å²) >= 11 is 4.07. The van der Waals surface area contributed by atoms with Crippen LogP contribution in [0.15, 0.2) is 28.8 Å². The van der Waals surface area contributed by atoms with Crippen molar-refractivity contribution in [3.05, 3.63) is 35.8 Å². The fourth-order valence-corrected chi connectivity index (χ4v) is 1.49. The van der Waals surface area contributed by atoms with Crippen LogP contribution in [-0.4, -0.2) is 12.3 Å². The molecule has 1 aromatic carbocycles. The molecule has 1 heterocycles. The molecular weight excluding hydrogens is 229 g/mol. The van der Waals surface area contributed by atoms with Crippen molar-refractivity contribution in [1.29, 1.82) is 0 Å². The molecule has 3 nitrogen and oxygen atoms in total. The van der Waals surface area contributed by atoms with E-state index in [0.717, 1.165) is 5.69 Å².